The summed E-state index contributed by atoms with van der Waals surface area (Å²) in [6.07, 6.45) is 0. The Labute approximate surface area is 187 Å². The van der Waals surface area contributed by atoms with E-state index >= 15 is 0 Å². The normalized spacial score (nSPS) is 19.4. The van der Waals surface area contributed by atoms with Gasteiger partial charge in [0.25, 0.3) is 11.7 Å². The molecule has 0 radical (unpaired) electrons. The van der Waals surface area contributed by atoms with Crippen molar-refractivity contribution in [3.8, 4) is 17.2 Å². The molecule has 1 unspecified atom stereocenters. The standard InChI is InChI=1S/C24H19NO6S/c1-13-4-6-16(26)15(11-13)25-21(19-3-2-10-32-19)20(23(28)24(25)29)22(27)14-5-7-17-18(12-14)31-9-8-30-17/h2-7,10-12,21,26-27H,8-9H2,1H3/b22-20-. The average molecular weight is 449 g/mol. The number of carbonyl (C=O) groups excluding carboxylic acids is 2. The molecule has 0 saturated carbocycles. The molecule has 2 aromatic carbocycles. The summed E-state index contributed by atoms with van der Waals surface area (Å²) < 4.78 is 11.1. The largest absolute Gasteiger partial charge is 0.507 e. The van der Waals surface area contributed by atoms with Crippen LogP contribution >= 0.6 is 11.3 Å². The molecular weight excluding hydrogens is 430 g/mol. The molecule has 2 aliphatic rings. The zero-order valence-corrected chi connectivity index (χ0v) is 17.9. The summed E-state index contributed by atoms with van der Waals surface area (Å²) in [6, 6.07) is 12.4. The third-order valence-electron chi connectivity index (χ3n) is 5.46. The van der Waals surface area contributed by atoms with Crippen LogP contribution in [-0.4, -0.2) is 35.1 Å². The monoisotopic (exact) mass is 449 g/mol. The number of carbonyl (C=O) groups is 2. The van der Waals surface area contributed by atoms with Gasteiger partial charge in [-0.05, 0) is 54.3 Å². The van der Waals surface area contributed by atoms with Crippen molar-refractivity contribution >= 4 is 34.5 Å². The molecule has 0 spiro atoms. The predicted octanol–water partition coefficient (Wildman–Crippen LogP) is 4.16. The van der Waals surface area contributed by atoms with E-state index in [2.05, 4.69) is 0 Å². The van der Waals surface area contributed by atoms with Crippen LogP contribution in [0.4, 0.5) is 5.69 Å². The zero-order chi connectivity index (χ0) is 22.4. The first-order chi connectivity index (χ1) is 15.5. The number of aryl methyl sites for hydroxylation is 1. The van der Waals surface area contributed by atoms with Gasteiger partial charge in [0.2, 0.25) is 0 Å². The topological polar surface area (TPSA) is 96.3 Å². The number of benzene rings is 2. The minimum Gasteiger partial charge on any atom is -0.507 e. The smallest absolute Gasteiger partial charge is 0.300 e. The number of aromatic hydroxyl groups is 1. The molecule has 3 heterocycles. The van der Waals surface area contributed by atoms with Gasteiger partial charge in [-0.25, -0.2) is 0 Å². The zero-order valence-electron chi connectivity index (χ0n) is 17.1. The number of amides is 1. The maximum atomic E-state index is 13.2. The molecule has 5 rings (SSSR count). The number of ketones is 1. The maximum Gasteiger partial charge on any atom is 0.300 e. The number of rotatable bonds is 3. The number of phenols is 1. The van der Waals surface area contributed by atoms with Crippen LogP contribution in [0.15, 0.2) is 59.5 Å². The molecule has 3 aromatic rings. The second-order valence-electron chi connectivity index (χ2n) is 7.54. The third kappa shape index (κ3) is 3.20. The Morgan fingerprint density at radius 2 is 1.84 bits per heavy atom. The molecule has 0 bridgehead atoms. The van der Waals surface area contributed by atoms with Gasteiger partial charge >= 0.3 is 0 Å². The molecular formula is C24H19NO6S. The van der Waals surface area contributed by atoms with Crippen LogP contribution in [0.25, 0.3) is 5.76 Å². The van der Waals surface area contributed by atoms with Crippen molar-refractivity contribution in [3.63, 3.8) is 0 Å². The summed E-state index contributed by atoms with van der Waals surface area (Å²) in [5.74, 6) is -1.07. The Morgan fingerprint density at radius 1 is 1.06 bits per heavy atom. The number of Topliss-reactive ketones (excluding diaryl/α,β-unsaturated/α-hetero) is 1. The molecule has 7 nitrogen and oxygen atoms in total. The molecule has 1 amide bonds. The molecule has 1 atom stereocenters. The highest BCUT2D eigenvalue weighted by molar-refractivity contribution is 7.10. The first kappa shape index (κ1) is 20.1. The average Bonchev–Trinajstić information content (AvgIpc) is 3.42. The van der Waals surface area contributed by atoms with E-state index in [1.807, 2.05) is 12.3 Å². The van der Waals surface area contributed by atoms with Gasteiger partial charge < -0.3 is 19.7 Å². The van der Waals surface area contributed by atoms with Crippen molar-refractivity contribution in [2.24, 2.45) is 0 Å². The van der Waals surface area contributed by atoms with E-state index in [-0.39, 0.29) is 22.8 Å². The van der Waals surface area contributed by atoms with Crippen LogP contribution in [0.2, 0.25) is 0 Å². The van der Waals surface area contributed by atoms with Gasteiger partial charge in [0.1, 0.15) is 30.8 Å². The lowest BCUT2D eigenvalue weighted by molar-refractivity contribution is -0.132. The van der Waals surface area contributed by atoms with Gasteiger partial charge in [-0.2, -0.15) is 0 Å². The molecule has 8 heteroatoms. The number of nitrogens with zero attached hydrogens (tertiary/aromatic N) is 1. The minimum absolute atomic E-state index is 0.0463. The van der Waals surface area contributed by atoms with Gasteiger partial charge in [0.15, 0.2) is 11.5 Å². The van der Waals surface area contributed by atoms with Crippen LogP contribution in [0.5, 0.6) is 17.2 Å². The van der Waals surface area contributed by atoms with Gasteiger partial charge in [-0.3, -0.25) is 14.5 Å². The number of hydrogen-bond donors (Lipinski definition) is 2. The summed E-state index contributed by atoms with van der Waals surface area (Å²) in [4.78, 5) is 28.2. The van der Waals surface area contributed by atoms with E-state index in [4.69, 9.17) is 9.47 Å². The maximum absolute atomic E-state index is 13.2. The van der Waals surface area contributed by atoms with E-state index in [9.17, 15) is 19.8 Å². The van der Waals surface area contributed by atoms with E-state index in [1.165, 1.54) is 22.3 Å². The number of thiophene rings is 1. The van der Waals surface area contributed by atoms with E-state index < -0.39 is 17.7 Å². The number of fused-ring (bicyclic) bond motifs is 1. The van der Waals surface area contributed by atoms with Crippen molar-refractivity contribution in [2.45, 2.75) is 13.0 Å². The van der Waals surface area contributed by atoms with Crippen molar-refractivity contribution in [2.75, 3.05) is 18.1 Å². The Balaban J connectivity index is 1.70. The van der Waals surface area contributed by atoms with E-state index in [0.29, 0.717) is 35.2 Å². The van der Waals surface area contributed by atoms with Gasteiger partial charge in [0, 0.05) is 10.4 Å². The molecule has 1 fully saturated rings. The fourth-order valence-corrected chi connectivity index (χ4v) is 4.79. The first-order valence-electron chi connectivity index (χ1n) is 10.00. The van der Waals surface area contributed by atoms with Crippen LogP contribution in [0, 0.1) is 6.92 Å². The van der Waals surface area contributed by atoms with Crippen LogP contribution in [0.1, 0.15) is 22.0 Å². The minimum atomic E-state index is -0.879. The predicted molar refractivity (Wildman–Crippen MR) is 119 cm³/mol. The number of hydrogen-bond acceptors (Lipinski definition) is 7. The van der Waals surface area contributed by atoms with E-state index in [0.717, 1.165) is 5.56 Å². The Morgan fingerprint density at radius 3 is 2.59 bits per heavy atom. The lowest BCUT2D eigenvalue weighted by Crippen LogP contribution is -2.29. The van der Waals surface area contributed by atoms with Gasteiger partial charge in [0.05, 0.1) is 11.3 Å². The summed E-state index contributed by atoms with van der Waals surface area (Å²) in [7, 11) is 0. The highest BCUT2D eigenvalue weighted by atomic mass is 32.1. The molecule has 2 N–H and O–H groups in total. The van der Waals surface area contributed by atoms with Gasteiger partial charge in [-0.1, -0.05) is 12.1 Å². The molecule has 0 aliphatic carbocycles. The lowest BCUT2D eigenvalue weighted by Gasteiger charge is -2.25. The number of ether oxygens (including phenoxy) is 2. The van der Waals surface area contributed by atoms with Crippen LogP contribution < -0.4 is 14.4 Å². The Bertz CT molecular complexity index is 1260. The number of phenolic OH excluding ortho intramolecular Hbond substituents is 1. The SMILES string of the molecule is Cc1ccc(O)c(N2C(=O)C(=O)/C(=C(\O)c3ccc4c(c3)OCCO4)C2c2cccs2)c1. The third-order valence-corrected chi connectivity index (χ3v) is 6.39. The van der Waals surface area contributed by atoms with Crippen LogP contribution in [0.3, 0.4) is 0 Å². The molecule has 32 heavy (non-hydrogen) atoms. The molecule has 1 saturated heterocycles. The Hall–Kier alpha value is -3.78. The highest BCUT2D eigenvalue weighted by Crippen LogP contribution is 2.46. The lowest BCUT2D eigenvalue weighted by atomic mass is 9.99. The first-order valence-corrected chi connectivity index (χ1v) is 10.9. The number of aliphatic hydroxyl groups is 1. The fourth-order valence-electron chi connectivity index (χ4n) is 3.97. The van der Waals surface area contributed by atoms with E-state index in [1.54, 1.807) is 42.5 Å². The van der Waals surface area contributed by atoms with Crippen molar-refractivity contribution in [1.29, 1.82) is 0 Å². The summed E-state index contributed by atoms with van der Waals surface area (Å²) >= 11 is 1.35. The van der Waals surface area contributed by atoms with Crippen molar-refractivity contribution in [1.82, 2.24) is 0 Å². The summed E-state index contributed by atoms with van der Waals surface area (Å²) in [6.45, 7) is 2.64. The number of anilines is 1. The second kappa shape index (κ2) is 7.72. The Kier molecular flexibility index (Phi) is 4.86. The summed E-state index contributed by atoms with van der Waals surface area (Å²) in [5.41, 5.74) is 1.32. The molecule has 1 aromatic heterocycles. The number of aliphatic hydroxyl groups excluding tert-OH is 1. The fraction of sp³-hybridized carbons (Fsp3) is 0.167. The highest BCUT2D eigenvalue weighted by Gasteiger charge is 2.48. The van der Waals surface area contributed by atoms with Crippen molar-refractivity contribution in [3.05, 3.63) is 75.5 Å². The molecule has 162 valence electrons. The van der Waals surface area contributed by atoms with Gasteiger partial charge in [-0.15, -0.1) is 11.3 Å². The summed E-state index contributed by atoms with van der Waals surface area (Å²) in [5, 5.41) is 23.5. The van der Waals surface area contributed by atoms with Crippen molar-refractivity contribution < 1.29 is 29.3 Å². The quantitative estimate of drug-likeness (QED) is 0.354. The second-order valence-corrected chi connectivity index (χ2v) is 8.51. The van der Waals surface area contributed by atoms with Crippen LogP contribution in [-0.2, 0) is 9.59 Å². The molecule has 2 aliphatic heterocycles.